The van der Waals surface area contributed by atoms with Crippen LogP contribution in [0.4, 0.5) is 0 Å². The summed E-state index contributed by atoms with van der Waals surface area (Å²) in [7, 11) is 0. The molecule has 0 aliphatic carbocycles. The van der Waals surface area contributed by atoms with Gasteiger partial charge in [-0.2, -0.15) is 0 Å². The fourth-order valence-corrected chi connectivity index (χ4v) is 1.94. The van der Waals surface area contributed by atoms with Crippen LogP contribution < -0.4 is 10.4 Å². The van der Waals surface area contributed by atoms with Gasteiger partial charge in [0.05, 0.1) is 0 Å². The molecule has 0 spiro atoms. The summed E-state index contributed by atoms with van der Waals surface area (Å²) in [6, 6.07) is 6.91. The Labute approximate surface area is 112 Å². The van der Waals surface area contributed by atoms with Crippen molar-refractivity contribution >= 4 is 17.0 Å². The first-order valence-electron chi connectivity index (χ1n) is 6.50. The lowest BCUT2D eigenvalue weighted by Gasteiger charge is -2.27. The van der Waals surface area contributed by atoms with Crippen LogP contribution in [0.3, 0.4) is 0 Å². The zero-order chi connectivity index (χ0) is 14.0. The maximum atomic E-state index is 11.2. The van der Waals surface area contributed by atoms with Crippen molar-refractivity contribution in [3.8, 4) is 5.75 Å². The highest BCUT2D eigenvalue weighted by atomic mass is 16.5. The van der Waals surface area contributed by atoms with E-state index in [0.717, 1.165) is 16.7 Å². The number of ether oxygens (including phenoxy) is 1. The molecule has 0 amide bonds. The quantitative estimate of drug-likeness (QED) is 0.670. The predicted octanol–water partition coefficient (Wildman–Crippen LogP) is 4.00. The van der Waals surface area contributed by atoms with E-state index in [1.165, 1.54) is 6.07 Å². The number of fused-ring (bicyclic) bond motifs is 2. The van der Waals surface area contributed by atoms with Gasteiger partial charge in [0.15, 0.2) is 0 Å². The molecule has 1 aromatic carbocycles. The monoisotopic (exact) mass is 258 g/mol. The lowest BCUT2D eigenvalue weighted by atomic mass is 10.0. The third-order valence-corrected chi connectivity index (χ3v) is 2.79. The summed E-state index contributed by atoms with van der Waals surface area (Å²) in [6.07, 6.45) is 4.05. The highest BCUT2D eigenvalue weighted by Crippen LogP contribution is 2.33. The molecule has 0 radical (unpaired) electrons. The summed E-state index contributed by atoms with van der Waals surface area (Å²) in [5, 5.41) is 0.899. The minimum absolute atomic E-state index is 0.324. The maximum Gasteiger partial charge on any atom is 0.336 e. The van der Waals surface area contributed by atoms with E-state index in [4.69, 9.17) is 9.15 Å². The Hall–Kier alpha value is -2.03. The predicted molar refractivity (Wildman–Crippen MR) is 77.6 cm³/mol. The van der Waals surface area contributed by atoms with Gasteiger partial charge in [-0.1, -0.05) is 19.9 Å². The van der Waals surface area contributed by atoms with Crippen LogP contribution >= 0.6 is 0 Å². The van der Waals surface area contributed by atoms with Gasteiger partial charge in [0.2, 0.25) is 0 Å². The van der Waals surface area contributed by atoms with Crippen molar-refractivity contribution in [2.45, 2.75) is 33.3 Å². The highest BCUT2D eigenvalue weighted by Gasteiger charge is 2.22. The molecule has 0 fully saturated rings. The van der Waals surface area contributed by atoms with Gasteiger partial charge in [0, 0.05) is 23.1 Å². The van der Waals surface area contributed by atoms with Crippen molar-refractivity contribution in [1.29, 1.82) is 0 Å². The molecule has 3 heteroatoms. The molecule has 1 aliphatic heterocycles. The first-order chi connectivity index (χ1) is 9.03. The molecule has 2 heterocycles. The first kappa shape index (κ1) is 13.4. The van der Waals surface area contributed by atoms with Gasteiger partial charge in [-0.15, -0.1) is 0 Å². The molecular weight excluding hydrogens is 240 g/mol. The standard InChI is InChI=1S/C14H12O3.C2H6/c1-14(2)6-5-10-7-9-3-4-13(15)16-11(9)8-12(10)17-14;1-2/h3-8H,1-2H3;1-2H3. The van der Waals surface area contributed by atoms with E-state index in [0.29, 0.717) is 5.58 Å². The molecule has 0 unspecified atom stereocenters. The molecule has 19 heavy (non-hydrogen) atoms. The van der Waals surface area contributed by atoms with Gasteiger partial charge in [-0.25, -0.2) is 4.79 Å². The average Bonchev–Trinajstić information content (AvgIpc) is 2.38. The van der Waals surface area contributed by atoms with Crippen LogP contribution in [0, 0.1) is 0 Å². The number of hydrogen-bond acceptors (Lipinski definition) is 3. The Morgan fingerprint density at radius 3 is 2.58 bits per heavy atom. The fraction of sp³-hybridized carbons (Fsp3) is 0.312. The van der Waals surface area contributed by atoms with E-state index in [9.17, 15) is 4.79 Å². The topological polar surface area (TPSA) is 39.4 Å². The van der Waals surface area contributed by atoms with Crippen molar-refractivity contribution in [3.63, 3.8) is 0 Å². The van der Waals surface area contributed by atoms with Crippen molar-refractivity contribution in [2.75, 3.05) is 0 Å². The van der Waals surface area contributed by atoms with Gasteiger partial charge >= 0.3 is 5.63 Å². The van der Waals surface area contributed by atoms with Crippen molar-refractivity contribution in [1.82, 2.24) is 0 Å². The zero-order valence-corrected chi connectivity index (χ0v) is 11.7. The first-order valence-corrected chi connectivity index (χ1v) is 6.50. The number of hydrogen-bond donors (Lipinski definition) is 0. The molecule has 0 bridgehead atoms. The zero-order valence-electron chi connectivity index (χ0n) is 11.7. The van der Waals surface area contributed by atoms with E-state index in [1.807, 2.05) is 45.9 Å². The van der Waals surface area contributed by atoms with Crippen LogP contribution in [0.5, 0.6) is 5.75 Å². The SMILES string of the molecule is CC.CC1(C)C=Cc2cc3ccc(=O)oc3cc2O1. The molecule has 0 saturated carbocycles. The lowest BCUT2D eigenvalue weighted by Crippen LogP contribution is -2.27. The second-order valence-electron chi connectivity index (χ2n) is 4.72. The summed E-state index contributed by atoms with van der Waals surface area (Å²) in [5.41, 5.74) is 0.895. The number of rotatable bonds is 0. The second kappa shape index (κ2) is 4.92. The van der Waals surface area contributed by atoms with E-state index in [-0.39, 0.29) is 11.2 Å². The smallest absolute Gasteiger partial charge is 0.336 e. The van der Waals surface area contributed by atoms with Crippen molar-refractivity contribution in [2.24, 2.45) is 0 Å². The summed E-state index contributed by atoms with van der Waals surface area (Å²) in [5.74, 6) is 0.749. The van der Waals surface area contributed by atoms with E-state index in [2.05, 4.69) is 0 Å². The van der Waals surface area contributed by atoms with E-state index in [1.54, 1.807) is 12.1 Å². The van der Waals surface area contributed by atoms with Crippen LogP contribution in [-0.4, -0.2) is 5.60 Å². The molecule has 100 valence electrons. The molecule has 2 aromatic rings. The molecule has 0 N–H and O–H groups in total. The van der Waals surface area contributed by atoms with Gasteiger partial charge in [-0.05, 0) is 32.1 Å². The van der Waals surface area contributed by atoms with Gasteiger partial charge < -0.3 is 9.15 Å². The average molecular weight is 258 g/mol. The molecule has 1 aromatic heterocycles. The molecule has 3 nitrogen and oxygen atoms in total. The Kier molecular flexibility index (Phi) is 3.47. The normalized spacial score (nSPS) is 15.2. The minimum Gasteiger partial charge on any atom is -0.483 e. The van der Waals surface area contributed by atoms with Crippen molar-refractivity contribution < 1.29 is 9.15 Å². The van der Waals surface area contributed by atoms with Crippen LogP contribution in [-0.2, 0) is 0 Å². The molecule has 0 saturated heterocycles. The molecule has 1 aliphatic rings. The Balaban J connectivity index is 0.000000637. The van der Waals surface area contributed by atoms with Crippen LogP contribution in [0.1, 0.15) is 33.3 Å². The summed E-state index contributed by atoms with van der Waals surface area (Å²) >= 11 is 0. The van der Waals surface area contributed by atoms with Crippen LogP contribution in [0.25, 0.3) is 17.0 Å². The molecule has 3 rings (SSSR count). The summed E-state index contributed by atoms with van der Waals surface area (Å²) < 4.78 is 11.0. The lowest BCUT2D eigenvalue weighted by molar-refractivity contribution is 0.159. The van der Waals surface area contributed by atoms with E-state index >= 15 is 0 Å². The van der Waals surface area contributed by atoms with E-state index < -0.39 is 0 Å². The Morgan fingerprint density at radius 1 is 1.11 bits per heavy atom. The van der Waals surface area contributed by atoms with Gasteiger partial charge in [0.25, 0.3) is 0 Å². The maximum absolute atomic E-state index is 11.2. The third-order valence-electron chi connectivity index (χ3n) is 2.79. The second-order valence-corrected chi connectivity index (χ2v) is 4.72. The summed E-state index contributed by atoms with van der Waals surface area (Å²) in [4.78, 5) is 11.2. The highest BCUT2D eigenvalue weighted by molar-refractivity contribution is 5.83. The molecular formula is C16H18O3. The van der Waals surface area contributed by atoms with Crippen LogP contribution in [0.15, 0.2) is 39.6 Å². The Bertz CT molecular complexity index is 678. The minimum atomic E-state index is -0.344. The summed E-state index contributed by atoms with van der Waals surface area (Å²) in [6.45, 7) is 7.97. The largest absolute Gasteiger partial charge is 0.483 e. The van der Waals surface area contributed by atoms with Crippen LogP contribution in [0.2, 0.25) is 0 Å². The van der Waals surface area contributed by atoms with Gasteiger partial charge in [-0.3, -0.25) is 0 Å². The number of benzene rings is 1. The van der Waals surface area contributed by atoms with Gasteiger partial charge in [0.1, 0.15) is 16.9 Å². The third kappa shape index (κ3) is 2.70. The Morgan fingerprint density at radius 2 is 1.84 bits per heavy atom. The molecule has 0 atom stereocenters. The van der Waals surface area contributed by atoms with Crippen molar-refractivity contribution in [3.05, 3.63) is 46.3 Å². The fourth-order valence-electron chi connectivity index (χ4n) is 1.94.